The summed E-state index contributed by atoms with van der Waals surface area (Å²) in [6.45, 7) is 0. The Kier molecular flexibility index (Phi) is 3.07. The topological polar surface area (TPSA) is 70.7 Å². The molecule has 3 rings (SSSR count). The lowest BCUT2D eigenvalue weighted by Crippen LogP contribution is -2.12. The van der Waals surface area contributed by atoms with E-state index < -0.39 is 0 Å². The van der Waals surface area contributed by atoms with Crippen molar-refractivity contribution in [2.24, 2.45) is 0 Å². The lowest BCUT2D eigenvalue weighted by atomic mass is 10.1. The lowest BCUT2D eigenvalue weighted by Gasteiger charge is -2.05. The third-order valence-electron chi connectivity index (χ3n) is 2.62. The molecule has 2 heterocycles. The Labute approximate surface area is 113 Å². The number of H-pyrrole nitrogens is 1. The fourth-order valence-electron chi connectivity index (χ4n) is 1.71. The van der Waals surface area contributed by atoms with Crippen molar-refractivity contribution in [3.8, 4) is 11.1 Å². The Bertz CT molecular complexity index is 677. The number of thiophene rings is 1. The van der Waals surface area contributed by atoms with Crippen LogP contribution in [-0.4, -0.2) is 21.3 Å². The van der Waals surface area contributed by atoms with Gasteiger partial charge in [0.1, 0.15) is 0 Å². The molecule has 0 bridgehead atoms. The molecule has 0 atom stereocenters. The second-order valence-electron chi connectivity index (χ2n) is 3.90. The summed E-state index contributed by atoms with van der Waals surface area (Å²) in [5.41, 5.74) is 3.21. The molecule has 0 aliphatic rings. The maximum Gasteiger partial charge on any atom is 0.277 e. The van der Waals surface area contributed by atoms with Crippen molar-refractivity contribution < 1.29 is 4.79 Å². The van der Waals surface area contributed by atoms with Crippen LogP contribution in [0.4, 0.5) is 5.69 Å². The maximum absolute atomic E-state index is 11.8. The van der Waals surface area contributed by atoms with Gasteiger partial charge in [0, 0.05) is 5.69 Å². The molecule has 1 aromatic carbocycles. The van der Waals surface area contributed by atoms with Crippen LogP contribution in [0.2, 0.25) is 0 Å². The first kappa shape index (κ1) is 11.6. The van der Waals surface area contributed by atoms with Gasteiger partial charge in [0.25, 0.3) is 5.91 Å². The predicted octanol–water partition coefficient (Wildman–Crippen LogP) is 2.79. The molecule has 5 nitrogen and oxygen atoms in total. The van der Waals surface area contributed by atoms with Gasteiger partial charge in [0.2, 0.25) is 0 Å². The van der Waals surface area contributed by atoms with Gasteiger partial charge in [0.05, 0.1) is 6.20 Å². The molecule has 3 aromatic rings. The summed E-state index contributed by atoms with van der Waals surface area (Å²) in [6.07, 6.45) is 1.39. The number of benzene rings is 1. The van der Waals surface area contributed by atoms with Gasteiger partial charge in [-0.25, -0.2) is 0 Å². The van der Waals surface area contributed by atoms with E-state index in [2.05, 4.69) is 26.1 Å². The minimum absolute atomic E-state index is 0.265. The minimum atomic E-state index is -0.281. The number of anilines is 1. The van der Waals surface area contributed by atoms with E-state index >= 15 is 0 Å². The summed E-state index contributed by atoms with van der Waals surface area (Å²) in [6, 6.07) is 9.73. The van der Waals surface area contributed by atoms with Crippen LogP contribution in [0.5, 0.6) is 0 Å². The van der Waals surface area contributed by atoms with Gasteiger partial charge in [-0.2, -0.15) is 26.7 Å². The number of hydrogen-bond donors (Lipinski definition) is 2. The minimum Gasteiger partial charge on any atom is -0.321 e. The lowest BCUT2D eigenvalue weighted by molar-refractivity contribution is 0.102. The van der Waals surface area contributed by atoms with Crippen LogP contribution in [0.25, 0.3) is 11.1 Å². The number of carbonyl (C=O) groups is 1. The standard InChI is InChI=1S/C13H10N4OS/c18-13(12-7-14-17-16-12)15-11-3-1-2-9(6-11)10-4-5-19-8-10/h1-8H,(H,15,18)(H,14,16,17). The molecule has 0 radical (unpaired) electrons. The largest absolute Gasteiger partial charge is 0.321 e. The third kappa shape index (κ3) is 2.53. The highest BCUT2D eigenvalue weighted by atomic mass is 32.1. The van der Waals surface area contributed by atoms with Crippen molar-refractivity contribution in [2.75, 3.05) is 5.32 Å². The number of aromatic amines is 1. The molecule has 0 spiro atoms. The molecule has 6 heteroatoms. The van der Waals surface area contributed by atoms with Crippen LogP contribution in [0.15, 0.2) is 47.3 Å². The predicted molar refractivity (Wildman–Crippen MR) is 74.1 cm³/mol. The molecule has 0 aliphatic heterocycles. The van der Waals surface area contributed by atoms with Gasteiger partial charge in [-0.3, -0.25) is 4.79 Å². The molecule has 1 amide bonds. The summed E-state index contributed by atoms with van der Waals surface area (Å²) < 4.78 is 0. The normalized spacial score (nSPS) is 10.3. The van der Waals surface area contributed by atoms with Gasteiger partial charge in [0.15, 0.2) is 5.69 Å². The van der Waals surface area contributed by atoms with Crippen molar-refractivity contribution in [3.63, 3.8) is 0 Å². The highest BCUT2D eigenvalue weighted by molar-refractivity contribution is 7.08. The Hall–Kier alpha value is -2.47. The van der Waals surface area contributed by atoms with Crippen LogP contribution in [0.3, 0.4) is 0 Å². The first-order valence-corrected chi connectivity index (χ1v) is 6.57. The molecule has 0 saturated carbocycles. The quantitative estimate of drug-likeness (QED) is 0.768. The Morgan fingerprint density at radius 3 is 2.95 bits per heavy atom. The summed E-state index contributed by atoms with van der Waals surface area (Å²) in [7, 11) is 0. The van der Waals surface area contributed by atoms with E-state index in [0.29, 0.717) is 0 Å². The van der Waals surface area contributed by atoms with Gasteiger partial charge in [-0.05, 0) is 40.1 Å². The Morgan fingerprint density at radius 1 is 1.26 bits per heavy atom. The summed E-state index contributed by atoms with van der Waals surface area (Å²) in [5, 5.41) is 16.6. The van der Waals surface area contributed by atoms with Crippen molar-refractivity contribution in [1.82, 2.24) is 15.4 Å². The molecule has 19 heavy (non-hydrogen) atoms. The molecule has 0 unspecified atom stereocenters. The fraction of sp³-hybridized carbons (Fsp3) is 0. The zero-order valence-electron chi connectivity index (χ0n) is 9.83. The molecule has 2 N–H and O–H groups in total. The molecular formula is C13H10N4OS. The van der Waals surface area contributed by atoms with Crippen LogP contribution in [-0.2, 0) is 0 Å². The number of amides is 1. The van der Waals surface area contributed by atoms with Gasteiger partial charge in [-0.1, -0.05) is 12.1 Å². The van der Waals surface area contributed by atoms with Gasteiger partial charge in [-0.15, -0.1) is 0 Å². The monoisotopic (exact) mass is 270 g/mol. The van der Waals surface area contributed by atoms with E-state index in [1.54, 1.807) is 11.3 Å². The van der Waals surface area contributed by atoms with E-state index in [1.165, 1.54) is 6.20 Å². The average molecular weight is 270 g/mol. The maximum atomic E-state index is 11.8. The molecule has 2 aromatic heterocycles. The Morgan fingerprint density at radius 2 is 2.21 bits per heavy atom. The Balaban J connectivity index is 1.82. The zero-order chi connectivity index (χ0) is 13.1. The average Bonchev–Trinajstić information content (AvgIpc) is 3.13. The first-order chi connectivity index (χ1) is 9.33. The number of aromatic nitrogens is 3. The number of hydrogen-bond acceptors (Lipinski definition) is 4. The molecule has 0 fully saturated rings. The van der Waals surface area contributed by atoms with Crippen molar-refractivity contribution in [2.45, 2.75) is 0 Å². The smallest absolute Gasteiger partial charge is 0.277 e. The van der Waals surface area contributed by atoms with E-state index in [1.807, 2.05) is 35.7 Å². The van der Waals surface area contributed by atoms with Gasteiger partial charge >= 0.3 is 0 Å². The van der Waals surface area contributed by atoms with Crippen LogP contribution in [0.1, 0.15) is 10.5 Å². The van der Waals surface area contributed by atoms with Crippen LogP contribution in [0, 0.1) is 0 Å². The second-order valence-corrected chi connectivity index (χ2v) is 4.68. The number of rotatable bonds is 3. The number of nitrogens with zero attached hydrogens (tertiary/aromatic N) is 2. The number of carbonyl (C=O) groups excluding carboxylic acids is 1. The zero-order valence-corrected chi connectivity index (χ0v) is 10.6. The SMILES string of the molecule is O=C(Nc1cccc(-c2ccsc2)c1)c1cn[nH]n1. The highest BCUT2D eigenvalue weighted by Gasteiger charge is 2.09. The summed E-state index contributed by atoms with van der Waals surface area (Å²) in [4.78, 5) is 11.8. The van der Waals surface area contributed by atoms with E-state index in [9.17, 15) is 4.79 Å². The van der Waals surface area contributed by atoms with Gasteiger partial charge < -0.3 is 5.32 Å². The van der Waals surface area contributed by atoms with Crippen LogP contribution < -0.4 is 5.32 Å². The highest BCUT2D eigenvalue weighted by Crippen LogP contribution is 2.24. The summed E-state index contributed by atoms with van der Waals surface area (Å²) >= 11 is 1.64. The van der Waals surface area contributed by atoms with E-state index in [-0.39, 0.29) is 11.6 Å². The number of nitrogens with one attached hydrogen (secondary N) is 2. The molecule has 0 aliphatic carbocycles. The van der Waals surface area contributed by atoms with Crippen molar-refractivity contribution in [1.29, 1.82) is 0 Å². The van der Waals surface area contributed by atoms with Crippen LogP contribution >= 0.6 is 11.3 Å². The third-order valence-corrected chi connectivity index (χ3v) is 3.31. The van der Waals surface area contributed by atoms with Crippen molar-refractivity contribution in [3.05, 3.63) is 53.0 Å². The fourth-order valence-corrected chi connectivity index (χ4v) is 2.38. The molecule has 0 saturated heterocycles. The second kappa shape index (κ2) is 5.03. The molecular weight excluding hydrogens is 260 g/mol. The van der Waals surface area contributed by atoms with E-state index in [4.69, 9.17) is 0 Å². The first-order valence-electron chi connectivity index (χ1n) is 5.63. The van der Waals surface area contributed by atoms with Crippen molar-refractivity contribution >= 4 is 22.9 Å². The summed E-state index contributed by atoms with van der Waals surface area (Å²) in [5.74, 6) is -0.281. The van der Waals surface area contributed by atoms with E-state index in [0.717, 1.165) is 16.8 Å². The molecule has 94 valence electrons.